The first kappa shape index (κ1) is 22.5. The number of rotatable bonds is 7. The number of amides is 3. The van der Waals surface area contributed by atoms with Gasteiger partial charge in [-0.3, -0.25) is 4.79 Å². The zero-order valence-electron chi connectivity index (χ0n) is 18.4. The minimum atomic E-state index is -0.620. The Morgan fingerprint density at radius 3 is 2.48 bits per heavy atom. The lowest BCUT2D eigenvalue weighted by Gasteiger charge is -2.36. The van der Waals surface area contributed by atoms with Crippen LogP contribution >= 0.6 is 0 Å². The van der Waals surface area contributed by atoms with E-state index in [0.717, 1.165) is 30.8 Å². The van der Waals surface area contributed by atoms with Crippen molar-refractivity contribution in [1.82, 2.24) is 10.6 Å². The van der Waals surface area contributed by atoms with E-state index in [1.54, 1.807) is 19.2 Å². The first-order chi connectivity index (χ1) is 15.0. The Labute approximate surface area is 184 Å². The van der Waals surface area contributed by atoms with Crippen LogP contribution in [0, 0.1) is 5.92 Å². The predicted octanol–water partition coefficient (Wildman–Crippen LogP) is 3.63. The average molecular weight is 425 g/mol. The smallest absolute Gasteiger partial charge is 0.319 e. The first-order valence-electron chi connectivity index (χ1n) is 10.8. The third-order valence-electron chi connectivity index (χ3n) is 5.46. The number of para-hydroxylation sites is 3. The molecule has 2 atom stereocenters. The van der Waals surface area contributed by atoms with Crippen LogP contribution in [0.3, 0.4) is 0 Å². The molecule has 3 rings (SSSR count). The minimum Gasteiger partial charge on any atom is -0.495 e. The van der Waals surface area contributed by atoms with Gasteiger partial charge in [0.2, 0.25) is 5.91 Å². The SMILES string of the molecule is COc1ccccc1N1CCCC(NC(=O)C(NC(=O)Nc2ccccc2)C(C)C)C1. The van der Waals surface area contributed by atoms with Crippen molar-refractivity contribution in [2.45, 2.75) is 38.8 Å². The van der Waals surface area contributed by atoms with Gasteiger partial charge in [-0.15, -0.1) is 0 Å². The van der Waals surface area contributed by atoms with Gasteiger partial charge in [0.1, 0.15) is 11.8 Å². The van der Waals surface area contributed by atoms with Gasteiger partial charge in [0.25, 0.3) is 0 Å². The topological polar surface area (TPSA) is 82.7 Å². The van der Waals surface area contributed by atoms with Gasteiger partial charge >= 0.3 is 6.03 Å². The minimum absolute atomic E-state index is 0.00592. The van der Waals surface area contributed by atoms with E-state index in [0.29, 0.717) is 12.2 Å². The summed E-state index contributed by atoms with van der Waals surface area (Å²) in [7, 11) is 1.67. The van der Waals surface area contributed by atoms with E-state index in [9.17, 15) is 9.59 Å². The fourth-order valence-corrected chi connectivity index (χ4v) is 3.86. The molecule has 31 heavy (non-hydrogen) atoms. The van der Waals surface area contributed by atoms with Crippen LogP contribution in [-0.4, -0.2) is 44.2 Å². The maximum absolute atomic E-state index is 13.0. The molecule has 3 amide bonds. The number of hydrogen-bond donors (Lipinski definition) is 3. The number of methoxy groups -OCH3 is 1. The van der Waals surface area contributed by atoms with Crippen LogP contribution in [0.1, 0.15) is 26.7 Å². The Bertz CT molecular complexity index is 872. The lowest BCUT2D eigenvalue weighted by atomic mass is 10.0. The van der Waals surface area contributed by atoms with Gasteiger partial charge in [0.05, 0.1) is 12.8 Å². The van der Waals surface area contributed by atoms with Crippen molar-refractivity contribution in [2.24, 2.45) is 5.92 Å². The molecule has 2 aromatic rings. The second-order valence-electron chi connectivity index (χ2n) is 8.15. The molecule has 0 spiro atoms. The van der Waals surface area contributed by atoms with E-state index in [1.807, 2.05) is 56.3 Å². The number of hydrogen-bond acceptors (Lipinski definition) is 4. The number of piperidine rings is 1. The normalized spacial score (nSPS) is 17.0. The van der Waals surface area contributed by atoms with E-state index in [2.05, 4.69) is 20.9 Å². The average Bonchev–Trinajstić information content (AvgIpc) is 2.78. The molecule has 1 heterocycles. The van der Waals surface area contributed by atoms with E-state index in [1.165, 1.54) is 0 Å². The predicted molar refractivity (Wildman–Crippen MR) is 124 cm³/mol. The van der Waals surface area contributed by atoms with Gasteiger partial charge in [-0.25, -0.2) is 4.79 Å². The first-order valence-corrected chi connectivity index (χ1v) is 10.8. The Balaban J connectivity index is 1.60. The molecule has 1 fully saturated rings. The summed E-state index contributed by atoms with van der Waals surface area (Å²) < 4.78 is 5.49. The summed E-state index contributed by atoms with van der Waals surface area (Å²) in [5, 5.41) is 8.74. The monoisotopic (exact) mass is 424 g/mol. The molecule has 1 saturated heterocycles. The molecule has 0 aliphatic carbocycles. The number of ether oxygens (including phenoxy) is 1. The summed E-state index contributed by atoms with van der Waals surface area (Å²) in [5.41, 5.74) is 1.72. The van der Waals surface area contributed by atoms with E-state index < -0.39 is 6.04 Å². The lowest BCUT2D eigenvalue weighted by Crippen LogP contribution is -2.56. The summed E-state index contributed by atoms with van der Waals surface area (Å²) in [6, 6.07) is 16.1. The van der Waals surface area contributed by atoms with Gasteiger partial charge in [-0.05, 0) is 43.0 Å². The molecule has 0 aromatic heterocycles. The molecule has 0 saturated carbocycles. The number of benzene rings is 2. The third kappa shape index (κ3) is 6.13. The van der Waals surface area contributed by atoms with Crippen LogP contribution in [-0.2, 0) is 4.79 Å². The quantitative estimate of drug-likeness (QED) is 0.634. The van der Waals surface area contributed by atoms with Gasteiger partial charge in [-0.2, -0.15) is 0 Å². The number of nitrogens with one attached hydrogen (secondary N) is 3. The summed E-state index contributed by atoms with van der Waals surface area (Å²) >= 11 is 0. The molecule has 2 aromatic carbocycles. The van der Waals surface area contributed by atoms with Crippen molar-refractivity contribution >= 4 is 23.3 Å². The summed E-state index contributed by atoms with van der Waals surface area (Å²) in [6.07, 6.45) is 1.87. The van der Waals surface area contributed by atoms with Gasteiger partial charge < -0.3 is 25.6 Å². The molecule has 1 aliphatic heterocycles. The highest BCUT2D eigenvalue weighted by atomic mass is 16.5. The van der Waals surface area contributed by atoms with Gasteiger partial charge in [0.15, 0.2) is 0 Å². The highest BCUT2D eigenvalue weighted by Gasteiger charge is 2.29. The fraction of sp³-hybridized carbons (Fsp3) is 0.417. The lowest BCUT2D eigenvalue weighted by molar-refractivity contribution is -0.124. The number of carbonyl (C=O) groups is 2. The zero-order chi connectivity index (χ0) is 22.2. The van der Waals surface area contributed by atoms with E-state index in [-0.39, 0.29) is 23.9 Å². The second kappa shape index (κ2) is 10.7. The van der Waals surface area contributed by atoms with Crippen LogP contribution in [0.25, 0.3) is 0 Å². The van der Waals surface area contributed by atoms with Crippen molar-refractivity contribution in [3.05, 3.63) is 54.6 Å². The van der Waals surface area contributed by atoms with E-state index >= 15 is 0 Å². The van der Waals surface area contributed by atoms with Crippen LogP contribution < -0.4 is 25.6 Å². The molecule has 7 heteroatoms. The molecule has 1 aliphatic rings. The molecular weight excluding hydrogens is 392 g/mol. The maximum Gasteiger partial charge on any atom is 0.319 e. The largest absolute Gasteiger partial charge is 0.495 e. The fourth-order valence-electron chi connectivity index (χ4n) is 3.86. The molecular formula is C24H32N4O3. The summed E-state index contributed by atoms with van der Waals surface area (Å²) in [6.45, 7) is 5.47. The third-order valence-corrected chi connectivity index (χ3v) is 5.46. The van der Waals surface area contributed by atoms with Crippen molar-refractivity contribution in [3.63, 3.8) is 0 Å². The van der Waals surface area contributed by atoms with Crippen molar-refractivity contribution < 1.29 is 14.3 Å². The Morgan fingerprint density at radius 2 is 1.77 bits per heavy atom. The van der Waals surface area contributed by atoms with Crippen LogP contribution in [0.15, 0.2) is 54.6 Å². The van der Waals surface area contributed by atoms with Gasteiger partial charge in [-0.1, -0.05) is 44.2 Å². The highest BCUT2D eigenvalue weighted by Crippen LogP contribution is 2.29. The molecule has 3 N–H and O–H groups in total. The standard InChI is InChI=1S/C24H32N4O3/c1-17(2)22(27-24(30)26-18-10-5-4-6-11-18)23(29)25-19-12-9-15-28(16-19)20-13-7-8-14-21(20)31-3/h4-8,10-11,13-14,17,19,22H,9,12,15-16H2,1-3H3,(H,25,29)(H2,26,27,30). The van der Waals surface area contributed by atoms with Crippen LogP contribution in [0.2, 0.25) is 0 Å². The van der Waals surface area contributed by atoms with E-state index in [4.69, 9.17) is 4.74 Å². The van der Waals surface area contributed by atoms with Crippen LogP contribution in [0.4, 0.5) is 16.2 Å². The Hall–Kier alpha value is -3.22. The molecule has 0 bridgehead atoms. The Morgan fingerprint density at radius 1 is 1.06 bits per heavy atom. The summed E-state index contributed by atoms with van der Waals surface area (Å²) in [4.78, 5) is 27.7. The number of urea groups is 1. The van der Waals surface area contributed by atoms with Crippen molar-refractivity contribution in [3.8, 4) is 5.75 Å². The molecule has 166 valence electrons. The van der Waals surface area contributed by atoms with Crippen molar-refractivity contribution in [1.29, 1.82) is 0 Å². The summed E-state index contributed by atoms with van der Waals surface area (Å²) in [5.74, 6) is 0.620. The molecule has 2 unspecified atom stereocenters. The zero-order valence-corrected chi connectivity index (χ0v) is 18.4. The molecule has 7 nitrogen and oxygen atoms in total. The Kier molecular flexibility index (Phi) is 7.76. The number of carbonyl (C=O) groups excluding carboxylic acids is 2. The van der Waals surface area contributed by atoms with Crippen LogP contribution in [0.5, 0.6) is 5.75 Å². The number of nitrogens with zero attached hydrogens (tertiary/aromatic N) is 1. The maximum atomic E-state index is 13.0. The highest BCUT2D eigenvalue weighted by molar-refractivity contribution is 5.93. The second-order valence-corrected chi connectivity index (χ2v) is 8.15. The van der Waals surface area contributed by atoms with Crippen molar-refractivity contribution in [2.75, 3.05) is 30.4 Å². The van der Waals surface area contributed by atoms with Gasteiger partial charge in [0, 0.05) is 24.8 Å². The number of anilines is 2. The molecule has 0 radical (unpaired) electrons.